The van der Waals surface area contributed by atoms with Crippen LogP contribution in [0.1, 0.15) is 35.8 Å². The van der Waals surface area contributed by atoms with E-state index in [0.29, 0.717) is 11.5 Å². The normalized spacial score (nSPS) is 13.6. The largest absolute Gasteiger partial charge is 0.489 e. The molecule has 1 aliphatic carbocycles. The molecule has 1 saturated carbocycles. The van der Waals surface area contributed by atoms with Crippen LogP contribution >= 0.6 is 0 Å². The second-order valence-corrected chi connectivity index (χ2v) is 8.45. The van der Waals surface area contributed by atoms with Gasteiger partial charge in [-0.05, 0) is 37.5 Å². The average molecular weight is 487 g/mol. The van der Waals surface area contributed by atoms with E-state index in [-0.39, 0.29) is 23.3 Å². The Morgan fingerprint density at radius 3 is 2.75 bits per heavy atom. The molecule has 0 saturated heterocycles. The molecule has 4 aromatic heterocycles. The number of rotatable bonds is 6. The van der Waals surface area contributed by atoms with Gasteiger partial charge in [-0.2, -0.15) is 5.10 Å². The quantitative estimate of drug-likeness (QED) is 0.381. The highest BCUT2D eigenvalue weighted by Crippen LogP contribution is 2.38. The van der Waals surface area contributed by atoms with Crippen LogP contribution in [0.2, 0.25) is 0 Å². The van der Waals surface area contributed by atoms with Gasteiger partial charge >= 0.3 is 0 Å². The van der Waals surface area contributed by atoms with E-state index in [0.717, 1.165) is 36.0 Å². The van der Waals surface area contributed by atoms with Gasteiger partial charge in [0, 0.05) is 13.1 Å². The van der Waals surface area contributed by atoms with Crippen LogP contribution in [0.4, 0.5) is 5.69 Å². The highest BCUT2D eigenvalue weighted by Gasteiger charge is 2.30. The van der Waals surface area contributed by atoms with Gasteiger partial charge in [-0.3, -0.25) is 14.2 Å². The minimum absolute atomic E-state index is 0.160. The number of hydrogen-bond acceptors (Lipinski definition) is 9. The maximum atomic E-state index is 13.2. The molecule has 4 heterocycles. The molecule has 36 heavy (non-hydrogen) atoms. The third-order valence-electron chi connectivity index (χ3n) is 6.35. The number of amides is 1. The van der Waals surface area contributed by atoms with Crippen LogP contribution in [0.3, 0.4) is 0 Å². The Labute approximate surface area is 203 Å². The molecular weight excluding hydrogens is 466 g/mol. The molecule has 5 aromatic rings. The van der Waals surface area contributed by atoms with Gasteiger partial charge in [-0.1, -0.05) is 5.16 Å². The molecule has 0 radical (unpaired) electrons. The first-order chi connectivity index (χ1) is 17.5. The van der Waals surface area contributed by atoms with Crippen LogP contribution in [0, 0.1) is 0 Å². The van der Waals surface area contributed by atoms with Crippen molar-refractivity contribution in [2.75, 3.05) is 12.4 Å². The summed E-state index contributed by atoms with van der Waals surface area (Å²) in [6.45, 7) is 0. The zero-order valence-electron chi connectivity index (χ0n) is 19.5. The smallest absolute Gasteiger partial charge is 0.296 e. The maximum Gasteiger partial charge on any atom is 0.296 e. The fraction of sp³-hybridized carbons (Fsp3) is 0.261. The van der Waals surface area contributed by atoms with E-state index in [1.807, 2.05) is 18.2 Å². The van der Waals surface area contributed by atoms with Crippen molar-refractivity contribution in [3.05, 3.63) is 59.4 Å². The molecule has 6 rings (SSSR count). The molecule has 1 fully saturated rings. The number of aromatic nitrogens is 8. The zero-order valence-corrected chi connectivity index (χ0v) is 19.5. The van der Waals surface area contributed by atoms with E-state index >= 15 is 0 Å². The minimum Gasteiger partial charge on any atom is -0.489 e. The summed E-state index contributed by atoms with van der Waals surface area (Å²) in [7, 11) is 2.91. The van der Waals surface area contributed by atoms with E-state index < -0.39 is 11.5 Å². The Morgan fingerprint density at radius 2 is 2.08 bits per heavy atom. The molecule has 0 unspecified atom stereocenters. The van der Waals surface area contributed by atoms with Gasteiger partial charge in [0.1, 0.15) is 24.6 Å². The lowest BCUT2D eigenvalue weighted by Gasteiger charge is -2.29. The van der Waals surface area contributed by atoms with Crippen molar-refractivity contribution in [2.45, 2.75) is 25.3 Å². The SMILES string of the molecule is COc1c(C(=O)Nc2cnoc2)nc(-c2nc3ccc(-n4cncn4)cc3n2C2CCC2)n(C)c1=O. The van der Waals surface area contributed by atoms with Crippen LogP contribution in [-0.4, -0.2) is 52.0 Å². The topological polar surface area (TPSA) is 148 Å². The number of ether oxygens (including phenoxy) is 1. The fourth-order valence-electron chi connectivity index (χ4n) is 4.31. The molecule has 13 heteroatoms. The lowest BCUT2D eigenvalue weighted by Crippen LogP contribution is -2.28. The molecule has 182 valence electrons. The highest BCUT2D eigenvalue weighted by molar-refractivity contribution is 6.04. The molecule has 1 aliphatic rings. The molecule has 1 aromatic carbocycles. The summed E-state index contributed by atoms with van der Waals surface area (Å²) in [5.41, 5.74) is 2.11. The van der Waals surface area contributed by atoms with Crippen molar-refractivity contribution in [2.24, 2.45) is 7.05 Å². The first-order valence-electron chi connectivity index (χ1n) is 11.3. The lowest BCUT2D eigenvalue weighted by atomic mass is 9.92. The van der Waals surface area contributed by atoms with E-state index in [9.17, 15) is 9.59 Å². The van der Waals surface area contributed by atoms with Crippen molar-refractivity contribution >= 4 is 22.6 Å². The number of methoxy groups -OCH3 is 1. The van der Waals surface area contributed by atoms with Gasteiger partial charge in [0.25, 0.3) is 11.5 Å². The van der Waals surface area contributed by atoms with Gasteiger partial charge in [0.15, 0.2) is 17.3 Å². The second-order valence-electron chi connectivity index (χ2n) is 8.45. The molecule has 0 bridgehead atoms. The molecular formula is C23H21N9O4. The minimum atomic E-state index is -0.631. The number of carbonyl (C=O) groups is 1. The van der Waals surface area contributed by atoms with Crippen LogP contribution in [0.5, 0.6) is 5.75 Å². The number of imidazole rings is 1. The van der Waals surface area contributed by atoms with Crippen LogP contribution in [-0.2, 0) is 7.05 Å². The Bertz CT molecular complexity index is 1630. The van der Waals surface area contributed by atoms with Gasteiger partial charge in [0.2, 0.25) is 5.75 Å². The monoisotopic (exact) mass is 487 g/mol. The summed E-state index contributed by atoms with van der Waals surface area (Å²) in [4.78, 5) is 39.8. The second kappa shape index (κ2) is 8.45. The summed E-state index contributed by atoms with van der Waals surface area (Å²) >= 11 is 0. The molecule has 0 spiro atoms. The lowest BCUT2D eigenvalue weighted by molar-refractivity contribution is 0.101. The first-order valence-corrected chi connectivity index (χ1v) is 11.3. The van der Waals surface area contributed by atoms with Crippen LogP contribution in [0.15, 0.2) is 52.6 Å². The Hall–Kier alpha value is -4.81. The zero-order chi connectivity index (χ0) is 24.8. The molecule has 0 aliphatic heterocycles. The van der Waals surface area contributed by atoms with Crippen LogP contribution < -0.4 is 15.6 Å². The Kier molecular flexibility index (Phi) is 5.09. The molecule has 0 atom stereocenters. The number of benzene rings is 1. The number of anilines is 1. The molecule has 1 N–H and O–H groups in total. The van der Waals surface area contributed by atoms with Crippen molar-refractivity contribution in [3.8, 4) is 23.1 Å². The number of fused-ring (bicyclic) bond motifs is 1. The Balaban J connectivity index is 1.55. The fourth-order valence-corrected chi connectivity index (χ4v) is 4.31. The van der Waals surface area contributed by atoms with Crippen molar-refractivity contribution in [1.29, 1.82) is 0 Å². The summed E-state index contributed by atoms with van der Waals surface area (Å²) < 4.78 is 15.2. The third-order valence-corrected chi connectivity index (χ3v) is 6.35. The standard InChI is InChI=1S/C23H21N9O4/c1-30-20(29-18(19(35-2)23(30)34)22(33)27-13-9-26-36-10-13)21-28-16-7-6-15(31-12-24-11-25-31)8-17(16)32(21)14-4-3-5-14/h6-12,14H,3-5H2,1-2H3,(H,27,33). The molecule has 13 nitrogen and oxygen atoms in total. The number of carbonyl (C=O) groups excluding carboxylic acids is 1. The van der Waals surface area contributed by atoms with Gasteiger partial charge < -0.3 is 19.1 Å². The van der Waals surface area contributed by atoms with Gasteiger partial charge in [-0.15, -0.1) is 0 Å². The van der Waals surface area contributed by atoms with E-state index in [2.05, 4.69) is 30.1 Å². The summed E-state index contributed by atoms with van der Waals surface area (Å²) in [5, 5.41) is 10.4. The maximum absolute atomic E-state index is 13.2. The van der Waals surface area contributed by atoms with Gasteiger partial charge in [0.05, 0.1) is 30.0 Å². The third kappa shape index (κ3) is 3.43. The number of nitrogens with one attached hydrogen (secondary N) is 1. The predicted molar refractivity (Wildman–Crippen MR) is 127 cm³/mol. The van der Waals surface area contributed by atoms with E-state index in [1.54, 1.807) is 18.1 Å². The first kappa shape index (κ1) is 21.7. The van der Waals surface area contributed by atoms with Gasteiger partial charge in [-0.25, -0.2) is 19.6 Å². The van der Waals surface area contributed by atoms with Crippen molar-refractivity contribution in [1.82, 2.24) is 39.0 Å². The highest BCUT2D eigenvalue weighted by atomic mass is 16.5. The van der Waals surface area contributed by atoms with Crippen molar-refractivity contribution < 1.29 is 14.1 Å². The van der Waals surface area contributed by atoms with Crippen LogP contribution in [0.25, 0.3) is 28.4 Å². The predicted octanol–water partition coefficient (Wildman–Crippen LogP) is 2.35. The number of hydrogen-bond donors (Lipinski definition) is 1. The summed E-state index contributed by atoms with van der Waals surface area (Å²) in [6, 6.07) is 5.97. The Morgan fingerprint density at radius 1 is 1.22 bits per heavy atom. The van der Waals surface area contributed by atoms with Crippen molar-refractivity contribution in [3.63, 3.8) is 0 Å². The average Bonchev–Trinajstić information content (AvgIpc) is 3.61. The number of nitrogens with zero attached hydrogens (tertiary/aromatic N) is 8. The summed E-state index contributed by atoms with van der Waals surface area (Å²) in [6.07, 6.45) is 8.75. The molecule has 1 amide bonds. The van der Waals surface area contributed by atoms with E-state index in [4.69, 9.17) is 14.2 Å². The summed E-state index contributed by atoms with van der Waals surface area (Å²) in [5.74, 6) is -0.0582. The van der Waals surface area contributed by atoms with E-state index in [1.165, 1.54) is 30.5 Å².